The Morgan fingerprint density at radius 3 is 2.47 bits per heavy atom. The van der Waals surface area contributed by atoms with Gasteiger partial charge in [0.25, 0.3) is 5.91 Å². The van der Waals surface area contributed by atoms with Gasteiger partial charge in [0.05, 0.1) is 49.1 Å². The highest BCUT2D eigenvalue weighted by atomic mass is 32.2. The number of sulfonamides is 1. The number of hydrogen-bond donors (Lipinski definition) is 1. The van der Waals surface area contributed by atoms with Crippen LogP contribution in [0.1, 0.15) is 34.7 Å². The smallest absolute Gasteiger partial charge is 0.253 e. The third kappa shape index (κ3) is 4.83. The highest BCUT2D eigenvalue weighted by molar-refractivity contribution is 7.89. The number of morpholine rings is 2. The molecule has 10 nitrogen and oxygen atoms in total. The van der Waals surface area contributed by atoms with Crippen LogP contribution in [0.4, 0.5) is 5.69 Å². The number of aromatic nitrogens is 2. The molecule has 0 spiro atoms. The lowest BCUT2D eigenvalue weighted by Crippen LogP contribution is -2.41. The number of imidazole rings is 1. The Balaban J connectivity index is 1.40. The van der Waals surface area contributed by atoms with Crippen molar-refractivity contribution in [3.8, 4) is 0 Å². The van der Waals surface area contributed by atoms with Gasteiger partial charge in [0.2, 0.25) is 10.0 Å². The molecule has 2 fully saturated rings. The molecule has 0 bridgehead atoms. The normalized spacial score (nSPS) is 19.6. The molecule has 4 heterocycles. The number of nitrogens with zero attached hydrogens (tertiary/aromatic N) is 4. The van der Waals surface area contributed by atoms with Crippen LogP contribution in [0.2, 0.25) is 0 Å². The zero-order valence-electron chi connectivity index (χ0n) is 19.2. The maximum absolute atomic E-state index is 13.3. The van der Waals surface area contributed by atoms with Gasteiger partial charge in [-0.25, -0.2) is 13.4 Å². The number of aryl methyl sites for hydroxylation is 2. The minimum atomic E-state index is -3.72. The van der Waals surface area contributed by atoms with E-state index in [1.165, 1.54) is 10.4 Å². The summed E-state index contributed by atoms with van der Waals surface area (Å²) in [5.74, 6) is 0.745. The molecule has 1 aromatic carbocycles. The quantitative estimate of drug-likeness (QED) is 0.645. The van der Waals surface area contributed by atoms with E-state index in [1.54, 1.807) is 12.1 Å². The molecular formula is C23H31N5O5S. The number of carbonyl (C=O) groups is 1. The van der Waals surface area contributed by atoms with Crippen molar-refractivity contribution >= 4 is 21.6 Å². The van der Waals surface area contributed by atoms with Crippen LogP contribution >= 0.6 is 0 Å². The van der Waals surface area contributed by atoms with Gasteiger partial charge in [0.1, 0.15) is 5.82 Å². The Morgan fingerprint density at radius 2 is 1.74 bits per heavy atom. The number of carbonyl (C=O) groups excluding carboxylic acids is 1. The third-order valence-corrected chi connectivity index (χ3v) is 8.46. The summed E-state index contributed by atoms with van der Waals surface area (Å²) < 4.78 is 40.8. The molecule has 0 atom stereocenters. The molecule has 1 N–H and O–H groups in total. The highest BCUT2D eigenvalue weighted by Gasteiger charge is 2.29. The first-order chi connectivity index (χ1) is 16.5. The Hall–Kier alpha value is -2.47. The van der Waals surface area contributed by atoms with E-state index >= 15 is 0 Å². The van der Waals surface area contributed by atoms with E-state index in [0.29, 0.717) is 70.4 Å². The molecule has 184 valence electrons. The number of ether oxygens (including phenoxy) is 2. The SMILES string of the molecule is O=C(NCc1cn2c(n1)CCCC2)c1cc(S(=O)(=O)N2CCOCC2)ccc1N1CCOCC1. The number of hydrogen-bond acceptors (Lipinski definition) is 7. The molecule has 0 saturated carbocycles. The monoisotopic (exact) mass is 489 g/mol. The Kier molecular flexibility index (Phi) is 6.87. The van der Waals surface area contributed by atoms with E-state index in [9.17, 15) is 13.2 Å². The second kappa shape index (κ2) is 10.0. The summed E-state index contributed by atoms with van der Waals surface area (Å²) in [6, 6.07) is 4.84. The lowest BCUT2D eigenvalue weighted by molar-refractivity contribution is 0.0730. The zero-order chi connectivity index (χ0) is 23.5. The maximum Gasteiger partial charge on any atom is 0.253 e. The van der Waals surface area contributed by atoms with E-state index in [2.05, 4.69) is 19.8 Å². The highest BCUT2D eigenvalue weighted by Crippen LogP contribution is 2.27. The molecule has 11 heteroatoms. The average Bonchev–Trinajstić information content (AvgIpc) is 3.31. The van der Waals surface area contributed by atoms with Crippen molar-refractivity contribution in [2.75, 3.05) is 57.5 Å². The van der Waals surface area contributed by atoms with E-state index < -0.39 is 10.0 Å². The minimum absolute atomic E-state index is 0.119. The van der Waals surface area contributed by atoms with Crippen LogP contribution in [-0.4, -0.2) is 80.8 Å². The molecule has 1 amide bonds. The second-order valence-corrected chi connectivity index (χ2v) is 10.7. The average molecular weight is 490 g/mol. The number of anilines is 1. The van der Waals surface area contributed by atoms with Crippen molar-refractivity contribution in [3.05, 3.63) is 41.5 Å². The number of benzene rings is 1. The molecule has 3 aliphatic rings. The molecule has 0 unspecified atom stereocenters. The fourth-order valence-electron chi connectivity index (χ4n) is 4.70. The minimum Gasteiger partial charge on any atom is -0.379 e. The van der Waals surface area contributed by atoms with Crippen molar-refractivity contribution in [2.24, 2.45) is 0 Å². The number of rotatable bonds is 6. The summed E-state index contributed by atoms with van der Waals surface area (Å²) in [4.78, 5) is 20.2. The van der Waals surface area contributed by atoms with Crippen LogP contribution in [0, 0.1) is 0 Å². The van der Waals surface area contributed by atoms with E-state index in [0.717, 1.165) is 37.3 Å². The van der Waals surface area contributed by atoms with Crippen LogP contribution in [0.3, 0.4) is 0 Å². The van der Waals surface area contributed by atoms with Crippen molar-refractivity contribution in [3.63, 3.8) is 0 Å². The zero-order valence-corrected chi connectivity index (χ0v) is 20.1. The third-order valence-electron chi connectivity index (χ3n) is 6.56. The molecule has 34 heavy (non-hydrogen) atoms. The molecule has 2 aromatic rings. The molecular weight excluding hydrogens is 458 g/mol. The Labute approximate surface area is 199 Å². The molecule has 3 aliphatic heterocycles. The van der Waals surface area contributed by atoms with Crippen molar-refractivity contribution in [2.45, 2.75) is 37.2 Å². The number of nitrogens with one attached hydrogen (secondary N) is 1. The molecule has 5 rings (SSSR count). The second-order valence-electron chi connectivity index (χ2n) is 8.78. The van der Waals surface area contributed by atoms with Crippen LogP contribution in [0.15, 0.2) is 29.3 Å². The first kappa shape index (κ1) is 23.3. The van der Waals surface area contributed by atoms with Crippen molar-refractivity contribution < 1.29 is 22.7 Å². The maximum atomic E-state index is 13.3. The molecule has 2 saturated heterocycles. The summed E-state index contributed by atoms with van der Waals surface area (Å²) in [5.41, 5.74) is 1.88. The summed E-state index contributed by atoms with van der Waals surface area (Å²) in [7, 11) is -3.72. The van der Waals surface area contributed by atoms with Crippen molar-refractivity contribution in [1.29, 1.82) is 0 Å². The fraction of sp³-hybridized carbons (Fsp3) is 0.565. The van der Waals surface area contributed by atoms with Crippen molar-refractivity contribution in [1.82, 2.24) is 19.2 Å². The van der Waals surface area contributed by atoms with Crippen LogP contribution in [0.25, 0.3) is 0 Å². The lowest BCUT2D eigenvalue weighted by Gasteiger charge is -2.31. The van der Waals surface area contributed by atoms with Gasteiger partial charge in [-0.2, -0.15) is 4.31 Å². The molecule has 0 aliphatic carbocycles. The Bertz CT molecular complexity index is 1110. The van der Waals surface area contributed by atoms with Gasteiger partial charge < -0.3 is 24.3 Å². The summed E-state index contributed by atoms with van der Waals surface area (Å²) >= 11 is 0. The first-order valence-corrected chi connectivity index (χ1v) is 13.3. The Morgan fingerprint density at radius 1 is 1.00 bits per heavy atom. The van der Waals surface area contributed by atoms with Gasteiger partial charge in [0, 0.05) is 51.0 Å². The van der Waals surface area contributed by atoms with Crippen LogP contribution < -0.4 is 10.2 Å². The van der Waals surface area contributed by atoms with Gasteiger partial charge in [-0.3, -0.25) is 4.79 Å². The predicted octanol–water partition coefficient (Wildman–Crippen LogP) is 1.01. The van der Waals surface area contributed by atoms with Crippen LogP contribution in [-0.2, 0) is 39.0 Å². The first-order valence-electron chi connectivity index (χ1n) is 11.9. The van der Waals surface area contributed by atoms with Gasteiger partial charge in [-0.1, -0.05) is 0 Å². The summed E-state index contributed by atoms with van der Waals surface area (Å²) in [5, 5.41) is 2.96. The number of amides is 1. The predicted molar refractivity (Wildman–Crippen MR) is 125 cm³/mol. The molecule has 1 aromatic heterocycles. The van der Waals surface area contributed by atoms with E-state index in [-0.39, 0.29) is 10.8 Å². The summed E-state index contributed by atoms with van der Waals surface area (Å²) in [6.07, 6.45) is 5.23. The summed E-state index contributed by atoms with van der Waals surface area (Å²) in [6.45, 7) is 5.01. The van der Waals surface area contributed by atoms with Gasteiger partial charge in [-0.05, 0) is 31.0 Å². The number of fused-ring (bicyclic) bond motifs is 1. The van der Waals surface area contributed by atoms with Crippen LogP contribution in [0.5, 0.6) is 0 Å². The lowest BCUT2D eigenvalue weighted by atomic mass is 10.1. The fourth-order valence-corrected chi connectivity index (χ4v) is 6.13. The van der Waals surface area contributed by atoms with Gasteiger partial charge in [0.15, 0.2) is 0 Å². The standard InChI is InChI=1S/C23H31N5O5S/c29-23(24-16-18-17-27-6-2-1-3-22(27)25-18)20-15-19(34(30,31)28-9-13-33-14-10-28)4-5-21(20)26-7-11-32-12-8-26/h4-5,15,17H,1-3,6-14,16H2,(H,24,29). The van der Waals surface area contributed by atoms with Gasteiger partial charge >= 0.3 is 0 Å². The molecule has 0 radical (unpaired) electrons. The topological polar surface area (TPSA) is 106 Å². The largest absolute Gasteiger partial charge is 0.379 e. The van der Waals surface area contributed by atoms with Gasteiger partial charge in [-0.15, -0.1) is 0 Å². The van der Waals surface area contributed by atoms with E-state index in [4.69, 9.17) is 9.47 Å². The van der Waals surface area contributed by atoms with E-state index in [1.807, 2.05) is 6.20 Å².